The van der Waals surface area contributed by atoms with Crippen molar-refractivity contribution in [3.8, 4) is 0 Å². The van der Waals surface area contributed by atoms with Gasteiger partial charge in [-0.25, -0.2) is 8.42 Å². The van der Waals surface area contributed by atoms with Crippen LogP contribution in [0.2, 0.25) is 0 Å². The molecule has 0 aliphatic carbocycles. The third-order valence-electron chi connectivity index (χ3n) is 2.99. The summed E-state index contributed by atoms with van der Waals surface area (Å²) in [5.74, 6) is 0. The lowest BCUT2D eigenvalue weighted by Crippen LogP contribution is -2.14. The van der Waals surface area contributed by atoms with Crippen molar-refractivity contribution in [2.24, 2.45) is 0 Å². The van der Waals surface area contributed by atoms with Gasteiger partial charge in [0.15, 0.2) is 0 Å². The predicted octanol–water partition coefficient (Wildman–Crippen LogP) is 3.78. The first-order valence-corrected chi connectivity index (χ1v) is 8.87. The molecule has 2 rings (SSSR count). The molecule has 3 N–H and O–H groups in total. The molecule has 0 unspecified atom stereocenters. The normalized spacial score (nSPS) is 11.3. The quantitative estimate of drug-likeness (QED) is 0.788. The standard InChI is InChI=1S/C15H17BrN2O2S/c1-2-3-11-4-7-13(8-5-11)18-21(19,20)15-10-12(17)6-9-14(15)16/h4-10,18H,2-3,17H2,1H3. The summed E-state index contributed by atoms with van der Waals surface area (Å²) in [6.07, 6.45) is 2.04. The number of benzene rings is 2. The maximum atomic E-state index is 12.4. The molecular weight excluding hydrogens is 352 g/mol. The number of hydrogen-bond acceptors (Lipinski definition) is 3. The van der Waals surface area contributed by atoms with E-state index in [9.17, 15) is 8.42 Å². The lowest BCUT2D eigenvalue weighted by atomic mass is 10.1. The highest BCUT2D eigenvalue weighted by Crippen LogP contribution is 2.26. The largest absolute Gasteiger partial charge is 0.399 e. The van der Waals surface area contributed by atoms with Crippen LogP contribution in [0.4, 0.5) is 11.4 Å². The minimum Gasteiger partial charge on any atom is -0.399 e. The fourth-order valence-corrected chi connectivity index (χ4v) is 4.02. The molecule has 0 saturated carbocycles. The molecule has 0 bridgehead atoms. The number of anilines is 2. The second kappa shape index (κ2) is 6.49. The van der Waals surface area contributed by atoms with E-state index in [2.05, 4.69) is 27.6 Å². The lowest BCUT2D eigenvalue weighted by Gasteiger charge is -2.11. The number of halogens is 1. The number of rotatable bonds is 5. The third kappa shape index (κ3) is 3.98. The molecule has 2 aromatic carbocycles. The van der Waals surface area contributed by atoms with Crippen molar-refractivity contribution < 1.29 is 8.42 Å². The summed E-state index contributed by atoms with van der Waals surface area (Å²) in [6.45, 7) is 2.11. The Hall–Kier alpha value is -1.53. The number of aryl methyl sites for hydroxylation is 1. The van der Waals surface area contributed by atoms with Crippen LogP contribution in [0.25, 0.3) is 0 Å². The predicted molar refractivity (Wildman–Crippen MR) is 89.8 cm³/mol. The zero-order valence-corrected chi connectivity index (χ0v) is 14.0. The Balaban J connectivity index is 2.26. The highest BCUT2D eigenvalue weighted by molar-refractivity contribution is 9.10. The van der Waals surface area contributed by atoms with E-state index in [1.165, 1.54) is 11.6 Å². The third-order valence-corrected chi connectivity index (χ3v) is 5.36. The summed E-state index contributed by atoms with van der Waals surface area (Å²) >= 11 is 3.24. The van der Waals surface area contributed by atoms with E-state index in [4.69, 9.17) is 5.73 Å². The minimum atomic E-state index is -3.67. The van der Waals surface area contributed by atoms with Crippen molar-refractivity contribution in [1.82, 2.24) is 0 Å². The van der Waals surface area contributed by atoms with Crippen LogP contribution >= 0.6 is 15.9 Å². The van der Waals surface area contributed by atoms with Gasteiger partial charge in [0.2, 0.25) is 0 Å². The molecule has 0 aliphatic heterocycles. The van der Waals surface area contributed by atoms with Crippen molar-refractivity contribution in [3.63, 3.8) is 0 Å². The van der Waals surface area contributed by atoms with Crippen LogP contribution in [0.1, 0.15) is 18.9 Å². The molecule has 0 atom stereocenters. The van der Waals surface area contributed by atoms with Gasteiger partial charge in [0.1, 0.15) is 4.90 Å². The van der Waals surface area contributed by atoms with Crippen LogP contribution in [-0.2, 0) is 16.4 Å². The number of hydrogen-bond donors (Lipinski definition) is 2. The van der Waals surface area contributed by atoms with Crippen molar-refractivity contribution in [1.29, 1.82) is 0 Å². The van der Waals surface area contributed by atoms with Crippen LogP contribution < -0.4 is 10.5 Å². The first-order valence-electron chi connectivity index (χ1n) is 6.59. The van der Waals surface area contributed by atoms with Gasteiger partial charge in [-0.2, -0.15) is 0 Å². The number of nitrogen functional groups attached to an aromatic ring is 1. The molecule has 6 heteroatoms. The first kappa shape index (κ1) is 15.9. The van der Waals surface area contributed by atoms with Crippen LogP contribution in [0, 0.1) is 0 Å². The van der Waals surface area contributed by atoms with Crippen molar-refractivity contribution in [2.45, 2.75) is 24.7 Å². The van der Waals surface area contributed by atoms with Gasteiger partial charge in [-0.1, -0.05) is 25.5 Å². The van der Waals surface area contributed by atoms with Crippen LogP contribution in [-0.4, -0.2) is 8.42 Å². The van der Waals surface area contributed by atoms with Gasteiger partial charge in [-0.15, -0.1) is 0 Å². The summed E-state index contributed by atoms with van der Waals surface area (Å²) in [7, 11) is -3.67. The Bertz CT molecular complexity index is 728. The SMILES string of the molecule is CCCc1ccc(NS(=O)(=O)c2cc(N)ccc2Br)cc1. The molecule has 21 heavy (non-hydrogen) atoms. The zero-order valence-electron chi connectivity index (χ0n) is 11.6. The maximum Gasteiger partial charge on any atom is 0.263 e. The van der Waals surface area contributed by atoms with Gasteiger partial charge < -0.3 is 5.73 Å². The van der Waals surface area contributed by atoms with Crippen LogP contribution in [0.3, 0.4) is 0 Å². The van der Waals surface area contributed by atoms with Crippen LogP contribution in [0.5, 0.6) is 0 Å². The molecule has 0 saturated heterocycles. The van der Waals surface area contributed by atoms with E-state index in [0.29, 0.717) is 15.8 Å². The van der Waals surface area contributed by atoms with E-state index in [-0.39, 0.29) is 4.90 Å². The summed E-state index contributed by atoms with van der Waals surface area (Å²) in [6, 6.07) is 12.1. The smallest absolute Gasteiger partial charge is 0.263 e. The van der Waals surface area contributed by atoms with E-state index >= 15 is 0 Å². The summed E-state index contributed by atoms with van der Waals surface area (Å²) in [5, 5.41) is 0. The van der Waals surface area contributed by atoms with Crippen molar-refractivity contribution >= 4 is 37.3 Å². The summed E-state index contributed by atoms with van der Waals surface area (Å²) < 4.78 is 27.8. The van der Waals surface area contributed by atoms with Gasteiger partial charge in [-0.05, 0) is 58.2 Å². The molecule has 2 aromatic rings. The Kier molecular flexibility index (Phi) is 4.90. The minimum absolute atomic E-state index is 0.125. The molecule has 0 spiro atoms. The second-order valence-electron chi connectivity index (χ2n) is 4.74. The number of nitrogens with one attached hydrogen (secondary N) is 1. The fraction of sp³-hybridized carbons (Fsp3) is 0.200. The molecule has 0 aromatic heterocycles. The molecule has 112 valence electrons. The molecule has 0 fully saturated rings. The first-order chi connectivity index (χ1) is 9.92. The van der Waals surface area contributed by atoms with Crippen LogP contribution in [0.15, 0.2) is 51.8 Å². The van der Waals surface area contributed by atoms with Crippen molar-refractivity contribution in [2.75, 3.05) is 10.5 Å². The van der Waals surface area contributed by atoms with E-state index in [0.717, 1.165) is 12.8 Å². The summed E-state index contributed by atoms with van der Waals surface area (Å²) in [5.41, 5.74) is 7.77. The molecule has 0 radical (unpaired) electrons. The second-order valence-corrected chi connectivity index (χ2v) is 7.25. The molecular formula is C15H17BrN2O2S. The molecule has 0 amide bonds. The lowest BCUT2D eigenvalue weighted by molar-refractivity contribution is 0.601. The number of nitrogens with two attached hydrogens (primary N) is 1. The van der Waals surface area contributed by atoms with Gasteiger partial charge in [-0.3, -0.25) is 4.72 Å². The maximum absolute atomic E-state index is 12.4. The number of sulfonamides is 1. The summed E-state index contributed by atoms with van der Waals surface area (Å²) in [4.78, 5) is 0.125. The highest BCUT2D eigenvalue weighted by Gasteiger charge is 2.18. The van der Waals surface area contributed by atoms with Gasteiger partial charge in [0, 0.05) is 15.8 Å². The van der Waals surface area contributed by atoms with E-state index < -0.39 is 10.0 Å². The fourth-order valence-electron chi connectivity index (χ4n) is 1.96. The topological polar surface area (TPSA) is 72.2 Å². The Morgan fingerprint density at radius 1 is 1.14 bits per heavy atom. The zero-order chi connectivity index (χ0) is 15.5. The van der Waals surface area contributed by atoms with Gasteiger partial charge >= 0.3 is 0 Å². The molecule has 4 nitrogen and oxygen atoms in total. The highest BCUT2D eigenvalue weighted by atomic mass is 79.9. The monoisotopic (exact) mass is 368 g/mol. The average molecular weight is 369 g/mol. The van der Waals surface area contributed by atoms with E-state index in [1.54, 1.807) is 24.3 Å². The average Bonchev–Trinajstić information content (AvgIpc) is 2.43. The van der Waals surface area contributed by atoms with Gasteiger partial charge in [0.25, 0.3) is 10.0 Å². The van der Waals surface area contributed by atoms with Crippen molar-refractivity contribution in [3.05, 3.63) is 52.5 Å². The van der Waals surface area contributed by atoms with E-state index in [1.807, 2.05) is 12.1 Å². The Labute approximate surface area is 133 Å². The Morgan fingerprint density at radius 3 is 2.43 bits per heavy atom. The molecule has 0 heterocycles. The Morgan fingerprint density at radius 2 is 1.81 bits per heavy atom. The van der Waals surface area contributed by atoms with Gasteiger partial charge in [0.05, 0.1) is 0 Å². The molecule has 0 aliphatic rings.